The minimum absolute atomic E-state index is 0.0463. The first-order chi connectivity index (χ1) is 9.58. The Morgan fingerprint density at radius 1 is 1.40 bits per heavy atom. The van der Waals surface area contributed by atoms with E-state index >= 15 is 0 Å². The van der Waals surface area contributed by atoms with Crippen LogP contribution in [0.1, 0.15) is 36.5 Å². The van der Waals surface area contributed by atoms with Crippen LogP contribution in [0.2, 0.25) is 0 Å². The number of amides is 1. The largest absolute Gasteiger partial charge is 0.399 e. The molecule has 1 aromatic carbocycles. The van der Waals surface area contributed by atoms with Crippen LogP contribution >= 0.6 is 0 Å². The van der Waals surface area contributed by atoms with Gasteiger partial charge in [0.25, 0.3) is 5.91 Å². The average molecular weight is 279 g/mol. The molecule has 1 saturated heterocycles. The fraction of sp³-hybridized carbons (Fsp3) is 0.533. The number of nitrogen functional groups attached to an aromatic ring is 1. The summed E-state index contributed by atoms with van der Waals surface area (Å²) < 4.78 is 13.6. The smallest absolute Gasteiger partial charge is 0.254 e. The van der Waals surface area contributed by atoms with Gasteiger partial charge in [0.1, 0.15) is 5.82 Å². The number of likely N-dealkylation sites (tertiary alicyclic amines) is 1. The lowest BCUT2D eigenvalue weighted by Crippen LogP contribution is -2.44. The Morgan fingerprint density at radius 2 is 2.10 bits per heavy atom. The number of hydrogen-bond acceptors (Lipinski definition) is 3. The summed E-state index contributed by atoms with van der Waals surface area (Å²) in [7, 11) is 0. The Bertz CT molecular complexity index is 472. The molecule has 4 nitrogen and oxygen atoms in total. The zero-order chi connectivity index (χ0) is 14.5. The zero-order valence-electron chi connectivity index (χ0n) is 11.9. The molecule has 1 aromatic rings. The number of carbonyl (C=O) groups excluding carboxylic acids is 1. The van der Waals surface area contributed by atoms with Crippen molar-refractivity contribution in [2.75, 3.05) is 25.4 Å². The van der Waals surface area contributed by atoms with Crippen LogP contribution in [-0.4, -0.2) is 36.5 Å². The summed E-state index contributed by atoms with van der Waals surface area (Å²) in [6.07, 6.45) is 3.71. The molecule has 0 bridgehead atoms. The molecule has 2 rings (SSSR count). The van der Waals surface area contributed by atoms with Crippen LogP contribution in [0.15, 0.2) is 18.2 Å². The van der Waals surface area contributed by atoms with E-state index < -0.39 is 5.82 Å². The fourth-order valence-corrected chi connectivity index (χ4v) is 2.54. The van der Waals surface area contributed by atoms with Crippen molar-refractivity contribution in [3.05, 3.63) is 29.6 Å². The summed E-state index contributed by atoms with van der Waals surface area (Å²) in [5.41, 5.74) is 5.84. The molecule has 0 aliphatic carbocycles. The number of carbonyl (C=O) groups is 1. The number of halogens is 1. The molecule has 1 heterocycles. The van der Waals surface area contributed by atoms with Crippen molar-refractivity contribution in [1.29, 1.82) is 0 Å². The number of nitrogens with two attached hydrogens (primary N) is 1. The molecule has 1 atom stereocenters. The number of hydrogen-bond donors (Lipinski definition) is 2. The highest BCUT2D eigenvalue weighted by atomic mass is 19.1. The molecule has 110 valence electrons. The summed E-state index contributed by atoms with van der Waals surface area (Å²) >= 11 is 0. The number of piperidine rings is 1. The third-order valence-electron chi connectivity index (χ3n) is 3.81. The highest BCUT2D eigenvalue weighted by Crippen LogP contribution is 2.13. The summed E-state index contributed by atoms with van der Waals surface area (Å²) in [5.74, 6) is -0.959. The van der Waals surface area contributed by atoms with Gasteiger partial charge in [0.2, 0.25) is 0 Å². The topological polar surface area (TPSA) is 58.4 Å². The molecule has 1 unspecified atom stereocenters. The summed E-state index contributed by atoms with van der Waals surface area (Å²) in [4.78, 5) is 14.3. The Balaban J connectivity index is 1.88. The van der Waals surface area contributed by atoms with Crippen molar-refractivity contribution in [2.24, 2.45) is 0 Å². The summed E-state index contributed by atoms with van der Waals surface area (Å²) in [5, 5.41) is 2.79. The van der Waals surface area contributed by atoms with Crippen LogP contribution in [0.3, 0.4) is 0 Å². The van der Waals surface area contributed by atoms with E-state index in [1.807, 2.05) is 0 Å². The van der Waals surface area contributed by atoms with E-state index in [9.17, 15) is 9.18 Å². The number of benzene rings is 1. The predicted octanol–water partition coefficient (Wildman–Crippen LogP) is 2.01. The molecular weight excluding hydrogens is 257 g/mol. The monoisotopic (exact) mass is 279 g/mol. The maximum absolute atomic E-state index is 13.6. The van der Waals surface area contributed by atoms with E-state index in [4.69, 9.17) is 5.73 Å². The van der Waals surface area contributed by atoms with E-state index in [2.05, 4.69) is 17.1 Å². The molecule has 0 radical (unpaired) electrons. The molecule has 20 heavy (non-hydrogen) atoms. The molecule has 1 aliphatic rings. The lowest BCUT2D eigenvalue weighted by Gasteiger charge is -2.32. The molecule has 0 saturated carbocycles. The van der Waals surface area contributed by atoms with Crippen molar-refractivity contribution < 1.29 is 9.18 Å². The molecule has 3 N–H and O–H groups in total. The quantitative estimate of drug-likeness (QED) is 0.829. The van der Waals surface area contributed by atoms with E-state index in [0.29, 0.717) is 12.2 Å². The summed E-state index contributed by atoms with van der Waals surface area (Å²) in [6.45, 7) is 4.77. The standard InChI is InChI=1S/C15H22FN3O/c1-11(19-7-3-2-4-8-19)10-18-15(20)13-6-5-12(17)9-14(13)16/h5-6,9,11H,2-4,7-8,10,17H2,1H3,(H,18,20). The van der Waals surface area contributed by atoms with Gasteiger partial charge >= 0.3 is 0 Å². The van der Waals surface area contributed by atoms with Crippen LogP contribution in [-0.2, 0) is 0 Å². The molecule has 0 aromatic heterocycles. The van der Waals surface area contributed by atoms with Gasteiger partial charge in [-0.1, -0.05) is 6.42 Å². The van der Waals surface area contributed by atoms with E-state index in [1.165, 1.54) is 37.5 Å². The van der Waals surface area contributed by atoms with Crippen molar-refractivity contribution in [2.45, 2.75) is 32.2 Å². The maximum Gasteiger partial charge on any atom is 0.254 e. The van der Waals surface area contributed by atoms with Gasteiger partial charge in [-0.25, -0.2) is 4.39 Å². The van der Waals surface area contributed by atoms with Crippen LogP contribution in [0.4, 0.5) is 10.1 Å². The van der Waals surface area contributed by atoms with Crippen molar-refractivity contribution in [1.82, 2.24) is 10.2 Å². The minimum atomic E-state index is -0.576. The predicted molar refractivity (Wildman–Crippen MR) is 78.0 cm³/mol. The number of rotatable bonds is 4. The van der Waals surface area contributed by atoms with Gasteiger partial charge in [-0.15, -0.1) is 0 Å². The molecule has 1 aliphatic heterocycles. The van der Waals surface area contributed by atoms with Gasteiger partial charge < -0.3 is 11.1 Å². The van der Waals surface area contributed by atoms with Crippen molar-refractivity contribution >= 4 is 11.6 Å². The highest BCUT2D eigenvalue weighted by molar-refractivity contribution is 5.94. The first-order valence-electron chi connectivity index (χ1n) is 7.15. The van der Waals surface area contributed by atoms with Crippen LogP contribution < -0.4 is 11.1 Å². The Labute approximate surface area is 119 Å². The van der Waals surface area contributed by atoms with Gasteiger partial charge in [0.05, 0.1) is 5.56 Å². The second-order valence-corrected chi connectivity index (χ2v) is 5.39. The minimum Gasteiger partial charge on any atom is -0.399 e. The van der Waals surface area contributed by atoms with Crippen LogP contribution in [0.5, 0.6) is 0 Å². The zero-order valence-corrected chi connectivity index (χ0v) is 11.9. The van der Waals surface area contributed by atoms with Gasteiger partial charge in [-0.05, 0) is 51.1 Å². The van der Waals surface area contributed by atoms with Gasteiger partial charge in [-0.2, -0.15) is 0 Å². The van der Waals surface area contributed by atoms with Crippen LogP contribution in [0, 0.1) is 5.82 Å². The van der Waals surface area contributed by atoms with Gasteiger partial charge in [-0.3, -0.25) is 9.69 Å². The van der Waals surface area contributed by atoms with E-state index in [0.717, 1.165) is 13.1 Å². The van der Waals surface area contributed by atoms with E-state index in [1.54, 1.807) is 0 Å². The third kappa shape index (κ3) is 3.70. The second kappa shape index (κ2) is 6.70. The SMILES string of the molecule is CC(CNC(=O)c1ccc(N)cc1F)N1CCCCC1. The normalized spacial score (nSPS) is 17.7. The molecular formula is C15H22FN3O. The maximum atomic E-state index is 13.6. The number of nitrogens with one attached hydrogen (secondary N) is 1. The number of nitrogens with zero attached hydrogens (tertiary/aromatic N) is 1. The summed E-state index contributed by atoms with van der Waals surface area (Å²) in [6, 6.07) is 4.40. The highest BCUT2D eigenvalue weighted by Gasteiger charge is 2.18. The lowest BCUT2D eigenvalue weighted by atomic mass is 10.1. The van der Waals surface area contributed by atoms with E-state index in [-0.39, 0.29) is 17.5 Å². The fourth-order valence-electron chi connectivity index (χ4n) is 2.54. The van der Waals surface area contributed by atoms with Gasteiger partial charge in [0.15, 0.2) is 0 Å². The Hall–Kier alpha value is -1.62. The molecule has 1 amide bonds. The third-order valence-corrected chi connectivity index (χ3v) is 3.81. The molecule has 1 fully saturated rings. The molecule has 0 spiro atoms. The average Bonchev–Trinajstić information content (AvgIpc) is 2.45. The van der Waals surface area contributed by atoms with Crippen molar-refractivity contribution in [3.63, 3.8) is 0 Å². The first-order valence-corrected chi connectivity index (χ1v) is 7.15. The Kier molecular flexibility index (Phi) is 4.95. The van der Waals surface area contributed by atoms with Crippen LogP contribution in [0.25, 0.3) is 0 Å². The lowest BCUT2D eigenvalue weighted by molar-refractivity contribution is 0.0926. The number of anilines is 1. The Morgan fingerprint density at radius 3 is 2.75 bits per heavy atom. The first kappa shape index (κ1) is 14.8. The van der Waals surface area contributed by atoms with Crippen molar-refractivity contribution in [3.8, 4) is 0 Å². The molecule has 5 heteroatoms. The second-order valence-electron chi connectivity index (χ2n) is 5.39. The van der Waals surface area contributed by atoms with Gasteiger partial charge in [0, 0.05) is 18.3 Å².